The largest absolute Gasteiger partial charge is 0.338 e. The fourth-order valence-corrected chi connectivity index (χ4v) is 2.90. The molecule has 1 saturated heterocycles. The van der Waals surface area contributed by atoms with Crippen LogP contribution in [0, 0.1) is 6.92 Å². The maximum absolute atomic E-state index is 12.4. The lowest BCUT2D eigenvalue weighted by Gasteiger charge is -2.38. The lowest BCUT2D eigenvalue weighted by Crippen LogP contribution is -2.53. The summed E-state index contributed by atoms with van der Waals surface area (Å²) in [5.41, 5.74) is 0. The number of anilines is 1. The summed E-state index contributed by atoms with van der Waals surface area (Å²) in [6.45, 7) is 9.03. The van der Waals surface area contributed by atoms with Crippen LogP contribution < -0.4 is 5.32 Å². The molecule has 1 fully saturated rings. The van der Waals surface area contributed by atoms with E-state index in [0.717, 1.165) is 26.2 Å². The van der Waals surface area contributed by atoms with Crippen molar-refractivity contribution in [1.29, 1.82) is 0 Å². The second-order valence-electron chi connectivity index (χ2n) is 6.17. The molecule has 1 aliphatic heterocycles. The minimum Gasteiger partial charge on any atom is -0.338 e. The molecule has 1 amide bonds. The average Bonchev–Trinajstić information content (AvgIpc) is 3.08. The summed E-state index contributed by atoms with van der Waals surface area (Å²) in [4.78, 5) is 29.2. The summed E-state index contributed by atoms with van der Waals surface area (Å²) < 4.78 is 5.26. The Kier molecular flexibility index (Phi) is 5.34. The molecule has 0 unspecified atom stereocenters. The van der Waals surface area contributed by atoms with Crippen molar-refractivity contribution >= 4 is 11.9 Å². The smallest absolute Gasteiger partial charge is 0.243 e. The van der Waals surface area contributed by atoms with Crippen LogP contribution in [0.15, 0.2) is 23.0 Å². The lowest BCUT2D eigenvalue weighted by atomic mass is 10.2. The summed E-state index contributed by atoms with van der Waals surface area (Å²) in [5.74, 6) is 1.52. The molecule has 0 bridgehead atoms. The van der Waals surface area contributed by atoms with E-state index in [1.807, 2.05) is 13.8 Å². The van der Waals surface area contributed by atoms with Gasteiger partial charge in [0.25, 0.3) is 0 Å². The van der Waals surface area contributed by atoms with Crippen LogP contribution in [-0.4, -0.2) is 68.0 Å². The topological polar surface area (TPSA) is 100 Å². The molecule has 0 radical (unpaired) electrons. The van der Waals surface area contributed by atoms with Crippen LogP contribution in [0.1, 0.15) is 31.6 Å². The van der Waals surface area contributed by atoms with Gasteiger partial charge in [0.1, 0.15) is 0 Å². The monoisotopic (exact) mass is 345 g/mol. The van der Waals surface area contributed by atoms with Gasteiger partial charge in [-0.1, -0.05) is 5.16 Å². The van der Waals surface area contributed by atoms with E-state index in [1.165, 1.54) is 0 Å². The van der Waals surface area contributed by atoms with Gasteiger partial charge in [-0.15, -0.1) is 0 Å². The predicted octanol–water partition coefficient (Wildman–Crippen LogP) is 0.874. The third kappa shape index (κ3) is 4.18. The number of rotatable bonds is 5. The Labute approximate surface area is 146 Å². The van der Waals surface area contributed by atoms with Crippen LogP contribution >= 0.6 is 0 Å². The maximum atomic E-state index is 12.4. The quantitative estimate of drug-likeness (QED) is 0.852. The molecule has 0 aliphatic carbocycles. The van der Waals surface area contributed by atoms with Crippen molar-refractivity contribution in [3.05, 3.63) is 30.2 Å². The standard InChI is InChI=1S/C16H23N7O2/c1-11(14(24)20-16-17-5-4-6-18-16)22-7-9-23(10-8-22)12(2)15-19-13(3)21-25-15/h4-6,11-12H,7-10H2,1-3H3,(H,17,18,20,24)/t11-,12-/m1/s1. The van der Waals surface area contributed by atoms with Gasteiger partial charge in [-0.2, -0.15) is 4.98 Å². The molecule has 0 spiro atoms. The van der Waals surface area contributed by atoms with Crippen LogP contribution in [0.2, 0.25) is 0 Å². The molecule has 2 atom stereocenters. The summed E-state index contributed by atoms with van der Waals surface area (Å²) in [6.07, 6.45) is 3.21. The van der Waals surface area contributed by atoms with Crippen molar-refractivity contribution < 1.29 is 9.32 Å². The molecule has 9 nitrogen and oxygen atoms in total. The zero-order valence-corrected chi connectivity index (χ0v) is 14.7. The van der Waals surface area contributed by atoms with Gasteiger partial charge in [0.05, 0.1) is 12.1 Å². The van der Waals surface area contributed by atoms with Crippen LogP contribution in [0.5, 0.6) is 0 Å². The zero-order valence-electron chi connectivity index (χ0n) is 14.7. The second kappa shape index (κ2) is 7.66. The van der Waals surface area contributed by atoms with E-state index in [2.05, 4.69) is 42.1 Å². The lowest BCUT2D eigenvalue weighted by molar-refractivity contribution is -0.121. The molecule has 2 aromatic heterocycles. The first-order valence-corrected chi connectivity index (χ1v) is 8.41. The van der Waals surface area contributed by atoms with Crippen molar-refractivity contribution in [2.45, 2.75) is 32.9 Å². The predicted molar refractivity (Wildman–Crippen MR) is 90.7 cm³/mol. The summed E-state index contributed by atoms with van der Waals surface area (Å²) in [7, 11) is 0. The summed E-state index contributed by atoms with van der Waals surface area (Å²) in [5, 5.41) is 6.60. The van der Waals surface area contributed by atoms with Gasteiger partial charge in [0, 0.05) is 38.6 Å². The molecule has 0 aromatic carbocycles. The van der Waals surface area contributed by atoms with Crippen LogP contribution in [-0.2, 0) is 4.79 Å². The van der Waals surface area contributed by atoms with E-state index in [-0.39, 0.29) is 18.0 Å². The van der Waals surface area contributed by atoms with Crippen molar-refractivity contribution in [3.63, 3.8) is 0 Å². The molecule has 2 aromatic rings. The van der Waals surface area contributed by atoms with Crippen molar-refractivity contribution in [2.75, 3.05) is 31.5 Å². The second-order valence-corrected chi connectivity index (χ2v) is 6.17. The Balaban J connectivity index is 1.52. The summed E-state index contributed by atoms with van der Waals surface area (Å²) in [6, 6.07) is 1.54. The fourth-order valence-electron chi connectivity index (χ4n) is 2.90. The minimum atomic E-state index is -0.244. The summed E-state index contributed by atoms with van der Waals surface area (Å²) >= 11 is 0. The fraction of sp³-hybridized carbons (Fsp3) is 0.562. The number of amides is 1. The molecule has 25 heavy (non-hydrogen) atoms. The normalized spacial score (nSPS) is 18.7. The Morgan fingerprint density at radius 1 is 1.16 bits per heavy atom. The highest BCUT2D eigenvalue weighted by Gasteiger charge is 2.29. The number of nitrogens with one attached hydrogen (secondary N) is 1. The molecular weight excluding hydrogens is 322 g/mol. The van der Waals surface area contributed by atoms with Crippen molar-refractivity contribution in [3.8, 4) is 0 Å². The number of carbonyl (C=O) groups is 1. The Morgan fingerprint density at radius 3 is 2.40 bits per heavy atom. The first-order valence-electron chi connectivity index (χ1n) is 8.41. The SMILES string of the molecule is Cc1noc([C@@H](C)N2CCN([C@H](C)C(=O)Nc3ncccn3)CC2)n1. The Morgan fingerprint density at radius 2 is 1.80 bits per heavy atom. The molecule has 134 valence electrons. The zero-order chi connectivity index (χ0) is 17.8. The van der Waals surface area contributed by atoms with E-state index in [1.54, 1.807) is 18.5 Å². The van der Waals surface area contributed by atoms with Gasteiger partial charge in [0.2, 0.25) is 17.7 Å². The minimum absolute atomic E-state index is 0.0743. The van der Waals surface area contributed by atoms with Gasteiger partial charge in [-0.25, -0.2) is 9.97 Å². The number of hydrogen-bond donors (Lipinski definition) is 1. The highest BCUT2D eigenvalue weighted by Crippen LogP contribution is 2.20. The Hall–Kier alpha value is -2.39. The van der Waals surface area contributed by atoms with Gasteiger partial charge in [-0.05, 0) is 26.8 Å². The van der Waals surface area contributed by atoms with E-state index in [9.17, 15) is 4.79 Å². The van der Waals surface area contributed by atoms with E-state index < -0.39 is 0 Å². The first kappa shape index (κ1) is 17.4. The molecule has 0 saturated carbocycles. The van der Waals surface area contributed by atoms with Gasteiger partial charge >= 0.3 is 0 Å². The molecule has 1 aliphatic rings. The van der Waals surface area contributed by atoms with Crippen molar-refractivity contribution in [1.82, 2.24) is 29.9 Å². The van der Waals surface area contributed by atoms with Crippen LogP contribution in [0.25, 0.3) is 0 Å². The number of hydrogen-bond acceptors (Lipinski definition) is 8. The van der Waals surface area contributed by atoms with E-state index >= 15 is 0 Å². The molecule has 3 heterocycles. The maximum Gasteiger partial charge on any atom is 0.243 e. The molecular formula is C16H23N7O2. The number of nitrogens with zero attached hydrogens (tertiary/aromatic N) is 6. The highest BCUT2D eigenvalue weighted by molar-refractivity contribution is 5.93. The van der Waals surface area contributed by atoms with Gasteiger partial charge in [0.15, 0.2) is 5.82 Å². The van der Waals surface area contributed by atoms with Gasteiger partial charge < -0.3 is 4.52 Å². The van der Waals surface area contributed by atoms with Crippen molar-refractivity contribution in [2.24, 2.45) is 0 Å². The van der Waals surface area contributed by atoms with E-state index in [0.29, 0.717) is 17.7 Å². The average molecular weight is 345 g/mol. The molecule has 3 rings (SSSR count). The molecule has 9 heteroatoms. The van der Waals surface area contributed by atoms with Gasteiger partial charge in [-0.3, -0.25) is 19.9 Å². The van der Waals surface area contributed by atoms with Crippen LogP contribution in [0.3, 0.4) is 0 Å². The number of piperazine rings is 1. The number of carbonyl (C=O) groups excluding carboxylic acids is 1. The molecule has 1 N–H and O–H groups in total. The Bertz CT molecular complexity index is 698. The first-order chi connectivity index (χ1) is 12.0. The highest BCUT2D eigenvalue weighted by atomic mass is 16.5. The van der Waals surface area contributed by atoms with Crippen LogP contribution in [0.4, 0.5) is 5.95 Å². The third-order valence-corrected chi connectivity index (χ3v) is 4.53. The van der Waals surface area contributed by atoms with E-state index in [4.69, 9.17) is 4.52 Å². The number of aryl methyl sites for hydroxylation is 1. The third-order valence-electron chi connectivity index (χ3n) is 4.53. The number of aromatic nitrogens is 4.